The summed E-state index contributed by atoms with van der Waals surface area (Å²) in [5.74, 6) is 0.885. The highest BCUT2D eigenvalue weighted by Gasteiger charge is 2.32. The monoisotopic (exact) mass is 453 g/mol. The molecule has 0 aliphatic carbocycles. The maximum atomic E-state index is 14.0. The molecule has 0 radical (unpaired) electrons. The summed E-state index contributed by atoms with van der Waals surface area (Å²) in [7, 11) is 0. The van der Waals surface area contributed by atoms with E-state index in [4.69, 9.17) is 4.98 Å². The van der Waals surface area contributed by atoms with Gasteiger partial charge in [-0.25, -0.2) is 19.3 Å². The van der Waals surface area contributed by atoms with Gasteiger partial charge in [0.1, 0.15) is 27.5 Å². The van der Waals surface area contributed by atoms with Crippen LogP contribution in [0, 0.1) is 5.82 Å². The van der Waals surface area contributed by atoms with Crippen LogP contribution in [0.3, 0.4) is 0 Å². The molecule has 1 atom stereocenters. The van der Waals surface area contributed by atoms with Crippen LogP contribution >= 0.6 is 11.3 Å². The van der Waals surface area contributed by atoms with Crippen molar-refractivity contribution in [3.63, 3.8) is 0 Å². The predicted molar refractivity (Wildman–Crippen MR) is 132 cm³/mol. The molecule has 32 heavy (non-hydrogen) atoms. The molecule has 0 spiro atoms. The number of nitrogens with zero attached hydrogens (tertiary/aromatic N) is 4. The van der Waals surface area contributed by atoms with Crippen molar-refractivity contribution in [1.29, 1.82) is 0 Å². The van der Waals surface area contributed by atoms with Crippen LogP contribution in [0.2, 0.25) is 0 Å². The minimum Gasteiger partial charge on any atom is -0.380 e. The molecule has 5 nitrogen and oxygen atoms in total. The molecule has 0 amide bonds. The van der Waals surface area contributed by atoms with Gasteiger partial charge in [-0.3, -0.25) is 0 Å². The Bertz CT molecular complexity index is 1090. The number of fused-ring (bicyclic) bond motifs is 2. The van der Waals surface area contributed by atoms with Crippen molar-refractivity contribution >= 4 is 38.9 Å². The highest BCUT2D eigenvalue weighted by atomic mass is 32.1. The fraction of sp³-hybridized carbons (Fsp3) is 0.480. The molecule has 3 heterocycles. The summed E-state index contributed by atoms with van der Waals surface area (Å²) in [6, 6.07) is 5.47. The van der Waals surface area contributed by atoms with E-state index < -0.39 is 0 Å². The quantitative estimate of drug-likeness (QED) is 0.366. The van der Waals surface area contributed by atoms with E-state index in [0.717, 1.165) is 83.2 Å². The van der Waals surface area contributed by atoms with E-state index in [-0.39, 0.29) is 11.7 Å². The standard InChI is InChI=1S/C25H32FN5S/c1-5-8-17-14-31(21-12-11-18(26)13-20(17)21)23-22-25(28-15-27-23)32-24(30-22)16(4)29-19(9-6-2)10-7-3/h11-13,15,17,19,29H,4-10,14H2,1-3H3. The van der Waals surface area contributed by atoms with Crippen molar-refractivity contribution in [2.75, 3.05) is 11.4 Å². The van der Waals surface area contributed by atoms with Crippen molar-refractivity contribution in [1.82, 2.24) is 20.3 Å². The van der Waals surface area contributed by atoms with Crippen LogP contribution in [0.4, 0.5) is 15.9 Å². The highest BCUT2D eigenvalue weighted by Crippen LogP contribution is 2.44. The largest absolute Gasteiger partial charge is 0.380 e. The molecule has 1 aromatic carbocycles. The Morgan fingerprint density at radius 1 is 1.22 bits per heavy atom. The van der Waals surface area contributed by atoms with Crippen LogP contribution < -0.4 is 10.2 Å². The Morgan fingerprint density at radius 2 is 2.00 bits per heavy atom. The Labute approximate surface area is 193 Å². The van der Waals surface area contributed by atoms with E-state index in [9.17, 15) is 4.39 Å². The summed E-state index contributed by atoms with van der Waals surface area (Å²) in [6.07, 6.45) is 8.16. The fourth-order valence-electron chi connectivity index (χ4n) is 4.67. The summed E-state index contributed by atoms with van der Waals surface area (Å²) in [5.41, 5.74) is 3.70. The Kier molecular flexibility index (Phi) is 7.04. The van der Waals surface area contributed by atoms with E-state index in [1.54, 1.807) is 23.7 Å². The Balaban J connectivity index is 1.67. The van der Waals surface area contributed by atoms with Gasteiger partial charge in [0.15, 0.2) is 5.82 Å². The molecule has 1 unspecified atom stereocenters. The van der Waals surface area contributed by atoms with Gasteiger partial charge in [0.25, 0.3) is 0 Å². The predicted octanol–water partition coefficient (Wildman–Crippen LogP) is 6.79. The second-order valence-corrected chi connectivity index (χ2v) is 9.54. The SMILES string of the molecule is C=C(NC(CCC)CCC)c1nc2c(N3CC(CCC)c4cc(F)ccc43)ncnc2s1. The lowest BCUT2D eigenvalue weighted by atomic mass is 9.97. The molecule has 0 fully saturated rings. The topological polar surface area (TPSA) is 53.9 Å². The number of nitrogens with one attached hydrogen (secondary N) is 1. The minimum absolute atomic E-state index is 0.188. The van der Waals surface area contributed by atoms with Crippen molar-refractivity contribution in [2.24, 2.45) is 0 Å². The Morgan fingerprint density at radius 3 is 2.72 bits per heavy atom. The first-order valence-electron chi connectivity index (χ1n) is 11.7. The third-order valence-electron chi connectivity index (χ3n) is 6.10. The van der Waals surface area contributed by atoms with Gasteiger partial charge in [-0.15, -0.1) is 0 Å². The molecule has 1 aliphatic heterocycles. The summed E-state index contributed by atoms with van der Waals surface area (Å²) in [6.45, 7) is 11.6. The van der Waals surface area contributed by atoms with Gasteiger partial charge in [0, 0.05) is 24.2 Å². The number of anilines is 2. The molecular weight excluding hydrogens is 421 g/mol. The number of hydrogen-bond acceptors (Lipinski definition) is 6. The summed E-state index contributed by atoms with van der Waals surface area (Å²) >= 11 is 1.54. The molecule has 0 saturated heterocycles. The van der Waals surface area contributed by atoms with Gasteiger partial charge in [-0.05, 0) is 43.0 Å². The van der Waals surface area contributed by atoms with Crippen molar-refractivity contribution in [3.05, 3.63) is 47.5 Å². The van der Waals surface area contributed by atoms with Crippen LogP contribution in [-0.2, 0) is 0 Å². The van der Waals surface area contributed by atoms with Crippen molar-refractivity contribution < 1.29 is 4.39 Å². The van der Waals surface area contributed by atoms with E-state index in [1.807, 2.05) is 6.07 Å². The second-order valence-electron chi connectivity index (χ2n) is 8.57. The maximum absolute atomic E-state index is 14.0. The average Bonchev–Trinajstić information content (AvgIpc) is 3.36. The molecule has 1 aliphatic rings. The lowest BCUT2D eigenvalue weighted by Gasteiger charge is -2.19. The van der Waals surface area contributed by atoms with Crippen LogP contribution in [-0.4, -0.2) is 27.5 Å². The van der Waals surface area contributed by atoms with E-state index in [2.05, 4.69) is 47.5 Å². The molecule has 4 rings (SSSR count). The van der Waals surface area contributed by atoms with Gasteiger partial charge in [0.05, 0.1) is 5.70 Å². The average molecular weight is 454 g/mol. The molecule has 1 N–H and O–H groups in total. The molecular formula is C25H32FN5S. The maximum Gasteiger partial charge on any atom is 0.164 e. The number of benzene rings is 1. The number of aromatic nitrogens is 3. The zero-order valence-corrected chi connectivity index (χ0v) is 20.0. The van der Waals surface area contributed by atoms with Gasteiger partial charge < -0.3 is 10.2 Å². The number of halogens is 1. The van der Waals surface area contributed by atoms with E-state index in [0.29, 0.717) is 6.04 Å². The first-order valence-corrected chi connectivity index (χ1v) is 12.5. The van der Waals surface area contributed by atoms with Crippen molar-refractivity contribution in [3.8, 4) is 0 Å². The molecule has 2 aromatic heterocycles. The Hall–Kier alpha value is -2.54. The first kappa shape index (κ1) is 22.6. The molecule has 0 saturated carbocycles. The van der Waals surface area contributed by atoms with E-state index >= 15 is 0 Å². The van der Waals surface area contributed by atoms with Crippen LogP contribution in [0.5, 0.6) is 0 Å². The van der Waals surface area contributed by atoms with E-state index in [1.165, 1.54) is 6.07 Å². The third-order valence-corrected chi connectivity index (χ3v) is 7.13. The van der Waals surface area contributed by atoms with Crippen LogP contribution in [0.25, 0.3) is 16.0 Å². The smallest absolute Gasteiger partial charge is 0.164 e. The molecule has 7 heteroatoms. The zero-order chi connectivity index (χ0) is 22.7. The summed E-state index contributed by atoms with van der Waals surface area (Å²) < 4.78 is 14.0. The number of thiazole rings is 1. The van der Waals surface area contributed by atoms with Crippen molar-refractivity contribution in [2.45, 2.75) is 71.3 Å². The fourth-order valence-corrected chi connectivity index (χ4v) is 5.51. The third kappa shape index (κ3) is 4.49. The van der Waals surface area contributed by atoms with Gasteiger partial charge >= 0.3 is 0 Å². The minimum atomic E-state index is -0.188. The molecule has 170 valence electrons. The first-order chi connectivity index (χ1) is 15.5. The van der Waals surface area contributed by atoms with Gasteiger partial charge in [0.2, 0.25) is 0 Å². The van der Waals surface area contributed by atoms with Crippen LogP contribution in [0.15, 0.2) is 31.1 Å². The second kappa shape index (κ2) is 9.94. The molecule has 3 aromatic rings. The zero-order valence-electron chi connectivity index (χ0n) is 19.2. The highest BCUT2D eigenvalue weighted by molar-refractivity contribution is 7.19. The number of rotatable bonds is 10. The van der Waals surface area contributed by atoms with Crippen LogP contribution in [0.1, 0.15) is 75.8 Å². The van der Waals surface area contributed by atoms with Gasteiger partial charge in [-0.1, -0.05) is 57.9 Å². The number of hydrogen-bond donors (Lipinski definition) is 1. The summed E-state index contributed by atoms with van der Waals surface area (Å²) in [4.78, 5) is 17.0. The van der Waals surface area contributed by atoms with Gasteiger partial charge in [-0.2, -0.15) is 0 Å². The normalized spacial score (nSPS) is 15.5. The lowest BCUT2D eigenvalue weighted by molar-refractivity contribution is 0.502. The summed E-state index contributed by atoms with van der Waals surface area (Å²) in [5, 5.41) is 4.43. The lowest BCUT2D eigenvalue weighted by Crippen LogP contribution is -2.27. The molecule has 0 bridgehead atoms.